The highest BCUT2D eigenvalue weighted by molar-refractivity contribution is 6.35. The standard InChI is InChI=1S/C24H25NO3/c1-25-20-6-4-3-5-18(20)19(24(25)26)12-16-8-10-21(27-2)23(14-16)28-22-13-15-7-9-17(22)11-15/h3-6,8,10,12,14-15,17,22H,7,9,11,13H2,1-2H3/b19-12-/t15-,17+,22+/m1/s1. The van der Waals surface area contributed by atoms with Crippen LogP contribution in [0.1, 0.15) is 36.8 Å². The van der Waals surface area contributed by atoms with E-state index in [1.807, 2.05) is 55.6 Å². The minimum Gasteiger partial charge on any atom is -0.493 e. The SMILES string of the molecule is COc1ccc(/C=C2\C(=O)N(C)c3ccccc32)cc1O[C@H]1C[C@@H]2CC[C@H]1C2. The summed E-state index contributed by atoms with van der Waals surface area (Å²) in [6.07, 6.45) is 7.32. The van der Waals surface area contributed by atoms with Gasteiger partial charge in [0.25, 0.3) is 5.91 Å². The van der Waals surface area contributed by atoms with Gasteiger partial charge in [-0.25, -0.2) is 0 Å². The number of methoxy groups -OCH3 is 1. The van der Waals surface area contributed by atoms with Crippen molar-refractivity contribution in [2.45, 2.75) is 31.8 Å². The van der Waals surface area contributed by atoms with Crippen LogP contribution in [0.5, 0.6) is 11.5 Å². The largest absolute Gasteiger partial charge is 0.493 e. The average Bonchev–Trinajstić information content (AvgIpc) is 3.39. The normalized spacial score (nSPS) is 26.8. The molecule has 3 atom stereocenters. The Morgan fingerprint density at radius 3 is 2.68 bits per heavy atom. The van der Waals surface area contributed by atoms with Crippen molar-refractivity contribution in [3.05, 3.63) is 53.6 Å². The van der Waals surface area contributed by atoms with Crippen molar-refractivity contribution < 1.29 is 14.3 Å². The van der Waals surface area contributed by atoms with Crippen LogP contribution in [-0.2, 0) is 4.79 Å². The molecule has 4 heteroatoms. The molecule has 0 unspecified atom stereocenters. The number of carbonyl (C=O) groups is 1. The minimum atomic E-state index is 0.0209. The van der Waals surface area contributed by atoms with Gasteiger partial charge < -0.3 is 14.4 Å². The first-order valence-electron chi connectivity index (χ1n) is 10.1. The van der Waals surface area contributed by atoms with E-state index in [0.29, 0.717) is 11.5 Å². The Hall–Kier alpha value is -2.75. The molecule has 0 spiro atoms. The molecule has 0 N–H and O–H groups in total. The number of nitrogens with zero attached hydrogens (tertiary/aromatic N) is 1. The number of ether oxygens (including phenoxy) is 2. The molecule has 3 aliphatic rings. The van der Waals surface area contributed by atoms with E-state index in [1.54, 1.807) is 12.0 Å². The van der Waals surface area contributed by atoms with Gasteiger partial charge in [0.1, 0.15) is 6.10 Å². The third-order valence-electron chi connectivity index (χ3n) is 6.54. The van der Waals surface area contributed by atoms with Crippen LogP contribution in [0.2, 0.25) is 0 Å². The fraction of sp³-hybridized carbons (Fsp3) is 0.375. The molecule has 5 rings (SSSR count). The number of amides is 1. The predicted octanol–water partition coefficient (Wildman–Crippen LogP) is 4.78. The number of fused-ring (bicyclic) bond motifs is 3. The van der Waals surface area contributed by atoms with E-state index < -0.39 is 0 Å². The Bertz CT molecular complexity index is 964. The Balaban J connectivity index is 1.48. The van der Waals surface area contributed by atoms with Crippen molar-refractivity contribution in [3.8, 4) is 11.5 Å². The van der Waals surface area contributed by atoms with Crippen LogP contribution in [0.15, 0.2) is 42.5 Å². The first kappa shape index (κ1) is 17.4. The van der Waals surface area contributed by atoms with Gasteiger partial charge in [0.15, 0.2) is 11.5 Å². The quantitative estimate of drug-likeness (QED) is 0.722. The van der Waals surface area contributed by atoms with Gasteiger partial charge in [-0.05, 0) is 67.4 Å². The third-order valence-corrected chi connectivity index (χ3v) is 6.54. The summed E-state index contributed by atoms with van der Waals surface area (Å²) in [5, 5.41) is 0. The molecule has 2 fully saturated rings. The van der Waals surface area contributed by atoms with Crippen LogP contribution in [0, 0.1) is 11.8 Å². The summed E-state index contributed by atoms with van der Waals surface area (Å²) in [6, 6.07) is 13.8. The number of hydrogen-bond donors (Lipinski definition) is 0. The first-order valence-corrected chi connectivity index (χ1v) is 10.1. The molecule has 1 aliphatic heterocycles. The van der Waals surface area contributed by atoms with Crippen LogP contribution < -0.4 is 14.4 Å². The average molecular weight is 375 g/mol. The molecular weight excluding hydrogens is 350 g/mol. The van der Waals surface area contributed by atoms with Crippen molar-refractivity contribution in [3.63, 3.8) is 0 Å². The van der Waals surface area contributed by atoms with Crippen LogP contribution in [0.25, 0.3) is 11.6 Å². The van der Waals surface area contributed by atoms with Gasteiger partial charge in [0.2, 0.25) is 0 Å². The zero-order valence-corrected chi connectivity index (χ0v) is 16.4. The second-order valence-electron chi connectivity index (χ2n) is 8.18. The highest BCUT2D eigenvalue weighted by Crippen LogP contribution is 2.47. The molecule has 0 saturated heterocycles. The summed E-state index contributed by atoms with van der Waals surface area (Å²) in [7, 11) is 3.49. The van der Waals surface area contributed by atoms with Gasteiger partial charge in [-0.2, -0.15) is 0 Å². The van der Waals surface area contributed by atoms with Crippen molar-refractivity contribution in [1.29, 1.82) is 0 Å². The van der Waals surface area contributed by atoms with Crippen molar-refractivity contribution >= 4 is 23.2 Å². The second-order valence-corrected chi connectivity index (χ2v) is 8.18. The van der Waals surface area contributed by atoms with Crippen LogP contribution in [-0.4, -0.2) is 26.2 Å². The van der Waals surface area contributed by atoms with E-state index >= 15 is 0 Å². The number of likely N-dealkylation sites (N-methyl/N-ethyl adjacent to an activating group) is 1. The van der Waals surface area contributed by atoms with Crippen LogP contribution in [0.4, 0.5) is 5.69 Å². The lowest BCUT2D eigenvalue weighted by Crippen LogP contribution is -2.23. The molecule has 0 aromatic heterocycles. The zero-order valence-electron chi connectivity index (χ0n) is 16.4. The van der Waals surface area contributed by atoms with Gasteiger partial charge in [-0.15, -0.1) is 0 Å². The monoisotopic (exact) mass is 375 g/mol. The molecule has 2 saturated carbocycles. The molecule has 0 radical (unpaired) electrons. The van der Waals surface area contributed by atoms with Crippen LogP contribution in [0.3, 0.4) is 0 Å². The molecule has 2 aromatic rings. The van der Waals surface area contributed by atoms with Gasteiger partial charge in [-0.1, -0.05) is 24.3 Å². The highest BCUT2D eigenvalue weighted by Gasteiger charge is 2.41. The highest BCUT2D eigenvalue weighted by atomic mass is 16.5. The van der Waals surface area contributed by atoms with Crippen molar-refractivity contribution in [2.75, 3.05) is 19.1 Å². The number of anilines is 1. The number of para-hydroxylation sites is 1. The third kappa shape index (κ3) is 2.79. The molecule has 28 heavy (non-hydrogen) atoms. The Morgan fingerprint density at radius 1 is 1.07 bits per heavy atom. The van der Waals surface area contributed by atoms with E-state index in [-0.39, 0.29) is 12.0 Å². The smallest absolute Gasteiger partial charge is 0.258 e. The lowest BCUT2D eigenvalue weighted by Gasteiger charge is -2.24. The molecule has 2 aromatic carbocycles. The van der Waals surface area contributed by atoms with Gasteiger partial charge >= 0.3 is 0 Å². The maximum Gasteiger partial charge on any atom is 0.258 e. The molecule has 144 valence electrons. The lowest BCUT2D eigenvalue weighted by atomic mass is 9.97. The number of rotatable bonds is 4. The summed E-state index contributed by atoms with van der Waals surface area (Å²) in [5.41, 5.74) is 3.59. The number of hydrogen-bond acceptors (Lipinski definition) is 3. The van der Waals surface area contributed by atoms with E-state index in [2.05, 4.69) is 0 Å². The summed E-state index contributed by atoms with van der Waals surface area (Å²) < 4.78 is 11.9. The van der Waals surface area contributed by atoms with Crippen LogP contribution >= 0.6 is 0 Å². The fourth-order valence-corrected chi connectivity index (χ4v) is 5.07. The summed E-state index contributed by atoms with van der Waals surface area (Å²) in [6.45, 7) is 0. The van der Waals surface area contributed by atoms with Gasteiger partial charge in [-0.3, -0.25) is 4.79 Å². The van der Waals surface area contributed by atoms with Crippen molar-refractivity contribution in [1.82, 2.24) is 0 Å². The predicted molar refractivity (Wildman–Crippen MR) is 111 cm³/mol. The number of carbonyl (C=O) groups excluding carboxylic acids is 1. The molecular formula is C24H25NO3. The lowest BCUT2D eigenvalue weighted by molar-refractivity contribution is -0.112. The van der Waals surface area contributed by atoms with E-state index in [4.69, 9.17) is 9.47 Å². The summed E-state index contributed by atoms with van der Waals surface area (Å²) >= 11 is 0. The van der Waals surface area contributed by atoms with Gasteiger partial charge in [0.05, 0.1) is 12.8 Å². The molecule has 1 amide bonds. The Labute approximate surface area is 165 Å². The molecule has 2 bridgehead atoms. The van der Waals surface area contributed by atoms with E-state index in [0.717, 1.165) is 40.7 Å². The fourth-order valence-electron chi connectivity index (χ4n) is 5.07. The number of benzene rings is 2. The zero-order chi connectivity index (χ0) is 19.3. The molecule has 1 heterocycles. The minimum absolute atomic E-state index is 0.0209. The van der Waals surface area contributed by atoms with Gasteiger partial charge in [0, 0.05) is 18.2 Å². The molecule has 2 aliphatic carbocycles. The molecule has 4 nitrogen and oxygen atoms in total. The Morgan fingerprint density at radius 2 is 1.93 bits per heavy atom. The maximum absolute atomic E-state index is 12.7. The summed E-state index contributed by atoms with van der Waals surface area (Å²) in [4.78, 5) is 14.4. The second kappa shape index (κ2) is 6.69. The van der Waals surface area contributed by atoms with Crippen molar-refractivity contribution in [2.24, 2.45) is 11.8 Å². The summed E-state index contributed by atoms with van der Waals surface area (Å²) in [5.74, 6) is 3.05. The maximum atomic E-state index is 12.7. The Kier molecular flexibility index (Phi) is 4.15. The topological polar surface area (TPSA) is 38.8 Å². The first-order chi connectivity index (χ1) is 13.6. The van der Waals surface area contributed by atoms with E-state index in [9.17, 15) is 4.79 Å². The van der Waals surface area contributed by atoms with E-state index in [1.165, 1.54) is 19.3 Å².